The number of benzene rings is 1. The van der Waals surface area contributed by atoms with Gasteiger partial charge in [-0.15, -0.1) is 0 Å². The van der Waals surface area contributed by atoms with E-state index < -0.39 is 9.84 Å². The van der Waals surface area contributed by atoms with Crippen molar-refractivity contribution >= 4 is 15.7 Å². The first kappa shape index (κ1) is 12.5. The lowest BCUT2D eigenvalue weighted by atomic mass is 10.1. The summed E-state index contributed by atoms with van der Waals surface area (Å²) in [6.45, 7) is 0. The second-order valence-electron chi connectivity index (χ2n) is 3.84. The summed E-state index contributed by atoms with van der Waals surface area (Å²) in [6, 6.07) is 8.46. The van der Waals surface area contributed by atoms with Crippen LogP contribution in [-0.4, -0.2) is 31.7 Å². The first-order valence-corrected chi connectivity index (χ1v) is 7.20. The van der Waals surface area contributed by atoms with Crippen LogP contribution in [0, 0.1) is 0 Å². The van der Waals surface area contributed by atoms with E-state index in [9.17, 15) is 8.42 Å². The smallest absolute Gasteiger partial charge is 0.175 e. The van der Waals surface area contributed by atoms with Gasteiger partial charge in [0, 0.05) is 24.9 Å². The zero-order valence-electron chi connectivity index (χ0n) is 10.1. The van der Waals surface area contributed by atoms with E-state index in [0.717, 1.165) is 5.56 Å². The molecule has 2 rings (SSSR count). The highest BCUT2D eigenvalue weighted by Gasteiger charge is 2.09. The van der Waals surface area contributed by atoms with Gasteiger partial charge in [0.2, 0.25) is 0 Å². The topological polar surface area (TPSA) is 72.0 Å². The van der Waals surface area contributed by atoms with E-state index in [1.54, 1.807) is 31.3 Å². The maximum Gasteiger partial charge on any atom is 0.175 e. The van der Waals surface area contributed by atoms with E-state index in [4.69, 9.17) is 0 Å². The minimum Gasteiger partial charge on any atom is -0.373 e. The Hall–Kier alpha value is -1.95. The summed E-state index contributed by atoms with van der Waals surface area (Å²) in [6.07, 6.45) is 2.62. The predicted molar refractivity (Wildman–Crippen MR) is 70.1 cm³/mol. The highest BCUT2D eigenvalue weighted by molar-refractivity contribution is 7.90. The average Bonchev–Trinajstić information content (AvgIpc) is 2.38. The summed E-state index contributed by atoms with van der Waals surface area (Å²) >= 11 is 0. The Labute approximate surface area is 106 Å². The van der Waals surface area contributed by atoms with Gasteiger partial charge in [0.25, 0.3) is 0 Å². The Morgan fingerprint density at radius 3 is 2.61 bits per heavy atom. The molecular formula is C12H13N3O2S. The number of rotatable bonds is 3. The normalized spacial score (nSPS) is 11.2. The van der Waals surface area contributed by atoms with Crippen molar-refractivity contribution in [3.63, 3.8) is 0 Å². The van der Waals surface area contributed by atoms with Crippen LogP contribution in [0.25, 0.3) is 11.3 Å². The Kier molecular flexibility index (Phi) is 3.29. The van der Waals surface area contributed by atoms with E-state index >= 15 is 0 Å². The van der Waals surface area contributed by atoms with E-state index in [0.29, 0.717) is 11.5 Å². The maximum atomic E-state index is 11.5. The molecule has 2 aromatic rings. The van der Waals surface area contributed by atoms with Gasteiger partial charge in [0.05, 0.1) is 10.6 Å². The van der Waals surface area contributed by atoms with Crippen LogP contribution < -0.4 is 5.32 Å². The average molecular weight is 263 g/mol. The van der Waals surface area contributed by atoms with Crippen molar-refractivity contribution in [1.29, 1.82) is 0 Å². The lowest BCUT2D eigenvalue weighted by Gasteiger charge is -2.05. The van der Waals surface area contributed by atoms with Crippen LogP contribution in [0.5, 0.6) is 0 Å². The van der Waals surface area contributed by atoms with Crippen LogP contribution in [0.1, 0.15) is 0 Å². The number of nitrogens with one attached hydrogen (secondary N) is 1. The second-order valence-corrected chi connectivity index (χ2v) is 5.85. The molecule has 0 unspecified atom stereocenters. The SMILES string of the molecule is CNc1cc(-c2cccc(S(C)(=O)=O)c2)ncn1. The van der Waals surface area contributed by atoms with E-state index in [1.165, 1.54) is 12.6 Å². The number of aromatic nitrogens is 2. The van der Waals surface area contributed by atoms with Gasteiger partial charge in [-0.2, -0.15) is 0 Å². The van der Waals surface area contributed by atoms with Crippen molar-refractivity contribution in [3.05, 3.63) is 36.7 Å². The van der Waals surface area contributed by atoms with Crippen LogP contribution >= 0.6 is 0 Å². The molecule has 1 N–H and O–H groups in total. The predicted octanol–water partition coefficient (Wildman–Crippen LogP) is 1.59. The van der Waals surface area contributed by atoms with Crippen LogP contribution in [0.4, 0.5) is 5.82 Å². The van der Waals surface area contributed by atoms with Crippen molar-refractivity contribution in [2.75, 3.05) is 18.6 Å². The molecule has 6 heteroatoms. The molecule has 0 amide bonds. The molecule has 0 fully saturated rings. The third-order valence-electron chi connectivity index (χ3n) is 2.48. The van der Waals surface area contributed by atoms with E-state index in [2.05, 4.69) is 15.3 Å². The fourth-order valence-electron chi connectivity index (χ4n) is 1.54. The third-order valence-corrected chi connectivity index (χ3v) is 3.59. The first-order chi connectivity index (χ1) is 8.50. The maximum absolute atomic E-state index is 11.5. The summed E-state index contributed by atoms with van der Waals surface area (Å²) in [5.74, 6) is 0.685. The zero-order chi connectivity index (χ0) is 13.2. The van der Waals surface area contributed by atoms with Gasteiger partial charge < -0.3 is 5.32 Å². The molecule has 0 aliphatic heterocycles. The molecule has 18 heavy (non-hydrogen) atoms. The summed E-state index contributed by atoms with van der Waals surface area (Å²) < 4.78 is 23.0. The van der Waals surface area contributed by atoms with Crippen molar-refractivity contribution < 1.29 is 8.42 Å². The largest absolute Gasteiger partial charge is 0.373 e. The summed E-state index contributed by atoms with van der Waals surface area (Å²) in [5.41, 5.74) is 1.43. The molecular weight excluding hydrogens is 250 g/mol. The van der Waals surface area contributed by atoms with Gasteiger partial charge in [-0.3, -0.25) is 0 Å². The van der Waals surface area contributed by atoms with Crippen LogP contribution in [0.3, 0.4) is 0 Å². The van der Waals surface area contributed by atoms with Crippen molar-refractivity contribution in [2.24, 2.45) is 0 Å². The van der Waals surface area contributed by atoms with Gasteiger partial charge in [-0.1, -0.05) is 12.1 Å². The number of hydrogen-bond donors (Lipinski definition) is 1. The molecule has 1 heterocycles. The highest BCUT2D eigenvalue weighted by Crippen LogP contribution is 2.21. The Bertz CT molecular complexity index is 669. The molecule has 0 aliphatic carbocycles. The van der Waals surface area contributed by atoms with Crippen molar-refractivity contribution in [3.8, 4) is 11.3 Å². The molecule has 0 atom stereocenters. The molecule has 0 spiro atoms. The van der Waals surface area contributed by atoms with Crippen LogP contribution in [0.15, 0.2) is 41.6 Å². The summed E-state index contributed by atoms with van der Waals surface area (Å²) in [4.78, 5) is 8.43. The molecule has 0 radical (unpaired) electrons. The molecule has 1 aromatic heterocycles. The number of anilines is 1. The third kappa shape index (κ3) is 2.65. The summed E-state index contributed by atoms with van der Waals surface area (Å²) in [5, 5.41) is 2.91. The van der Waals surface area contributed by atoms with E-state index in [1.807, 2.05) is 6.07 Å². The van der Waals surface area contributed by atoms with Crippen LogP contribution in [-0.2, 0) is 9.84 Å². The van der Waals surface area contributed by atoms with Gasteiger partial charge in [0.1, 0.15) is 12.1 Å². The quantitative estimate of drug-likeness (QED) is 0.910. The van der Waals surface area contributed by atoms with Crippen molar-refractivity contribution in [1.82, 2.24) is 9.97 Å². The number of nitrogens with zero attached hydrogens (tertiary/aromatic N) is 2. The standard InChI is InChI=1S/C12H13N3O2S/c1-13-12-7-11(14-8-15-12)9-4-3-5-10(6-9)18(2,16)17/h3-8H,1-2H3,(H,13,14,15). The minimum absolute atomic E-state index is 0.282. The molecule has 0 saturated heterocycles. The van der Waals surface area contributed by atoms with Crippen molar-refractivity contribution in [2.45, 2.75) is 4.90 Å². The molecule has 5 nitrogen and oxygen atoms in total. The van der Waals surface area contributed by atoms with Crippen LogP contribution in [0.2, 0.25) is 0 Å². The first-order valence-electron chi connectivity index (χ1n) is 5.31. The summed E-state index contributed by atoms with van der Waals surface area (Å²) in [7, 11) is -1.45. The Balaban J connectivity index is 2.51. The lowest BCUT2D eigenvalue weighted by Crippen LogP contribution is -1.98. The Morgan fingerprint density at radius 1 is 1.17 bits per heavy atom. The Morgan fingerprint density at radius 2 is 1.94 bits per heavy atom. The van der Waals surface area contributed by atoms with Gasteiger partial charge in [-0.05, 0) is 12.1 Å². The zero-order valence-corrected chi connectivity index (χ0v) is 10.9. The fraction of sp³-hybridized carbons (Fsp3) is 0.167. The minimum atomic E-state index is -3.21. The molecule has 0 bridgehead atoms. The molecule has 94 valence electrons. The number of sulfone groups is 1. The molecule has 0 aliphatic rings. The fourth-order valence-corrected chi connectivity index (χ4v) is 2.20. The van der Waals surface area contributed by atoms with Gasteiger partial charge in [-0.25, -0.2) is 18.4 Å². The number of hydrogen-bond acceptors (Lipinski definition) is 5. The molecule has 0 saturated carbocycles. The van der Waals surface area contributed by atoms with E-state index in [-0.39, 0.29) is 4.90 Å². The lowest BCUT2D eigenvalue weighted by molar-refractivity contribution is 0.602. The monoisotopic (exact) mass is 263 g/mol. The van der Waals surface area contributed by atoms with Gasteiger partial charge in [0.15, 0.2) is 9.84 Å². The van der Waals surface area contributed by atoms with Gasteiger partial charge >= 0.3 is 0 Å². The highest BCUT2D eigenvalue weighted by atomic mass is 32.2. The second kappa shape index (κ2) is 4.73. The molecule has 1 aromatic carbocycles.